The molecule has 12 heteroatoms. The van der Waals surface area contributed by atoms with Crippen molar-refractivity contribution >= 4 is 38.5 Å². The third-order valence-electron chi connectivity index (χ3n) is 5.05. The van der Waals surface area contributed by atoms with Crippen LogP contribution in [0.2, 0.25) is 0 Å². The molecule has 0 atom stereocenters. The van der Waals surface area contributed by atoms with Crippen molar-refractivity contribution in [3.8, 4) is 0 Å². The summed E-state index contributed by atoms with van der Waals surface area (Å²) in [6, 6.07) is 10.1. The Bertz CT molecular complexity index is 1490. The first-order valence-electron chi connectivity index (χ1n) is 10.3. The second-order valence-corrected chi connectivity index (χ2v) is 9.15. The third kappa shape index (κ3) is 5.24. The summed E-state index contributed by atoms with van der Waals surface area (Å²) in [6.45, 7) is 1.71. The highest BCUT2D eigenvalue weighted by Crippen LogP contribution is 2.16. The fourth-order valence-electron chi connectivity index (χ4n) is 3.29. The number of aryl methyl sites for hydroxylation is 1. The molecule has 0 saturated carbocycles. The molecule has 0 aliphatic rings. The molecule has 0 unspecified atom stereocenters. The van der Waals surface area contributed by atoms with Gasteiger partial charge < -0.3 is 10.1 Å². The molecule has 3 aromatic rings. The molecule has 0 bridgehead atoms. The molecule has 2 aromatic carbocycles. The van der Waals surface area contributed by atoms with E-state index >= 15 is 0 Å². The molecule has 0 fully saturated rings. The van der Waals surface area contributed by atoms with Crippen LogP contribution in [0, 0.1) is 0 Å². The minimum absolute atomic E-state index is 0.0756. The molecule has 0 aliphatic carbocycles. The molecule has 3 rings (SSSR count). The number of fused-ring (bicyclic) bond motifs is 1. The summed E-state index contributed by atoms with van der Waals surface area (Å²) in [6.07, 6.45) is -0.174. The van der Waals surface area contributed by atoms with E-state index < -0.39 is 33.1 Å². The van der Waals surface area contributed by atoms with Gasteiger partial charge in [-0.25, -0.2) is 22.7 Å². The molecule has 11 nitrogen and oxygen atoms in total. The second-order valence-electron chi connectivity index (χ2n) is 7.38. The van der Waals surface area contributed by atoms with Gasteiger partial charge >= 0.3 is 11.7 Å². The van der Waals surface area contributed by atoms with Crippen molar-refractivity contribution in [3.05, 3.63) is 68.9 Å². The molecule has 1 amide bonds. The van der Waals surface area contributed by atoms with E-state index in [0.29, 0.717) is 11.2 Å². The Morgan fingerprint density at radius 2 is 1.76 bits per heavy atom. The van der Waals surface area contributed by atoms with Crippen LogP contribution in [-0.4, -0.2) is 42.6 Å². The molecule has 1 heterocycles. The van der Waals surface area contributed by atoms with Crippen LogP contribution >= 0.6 is 0 Å². The SMILES string of the molecule is CCOC(=O)c1cccc(NC(=O)CCNS(=O)(=O)c2ccc3c(c2)c(=O)n(C)c(=O)n3C)c1. The van der Waals surface area contributed by atoms with Gasteiger partial charge in [-0.2, -0.15) is 0 Å². The van der Waals surface area contributed by atoms with Gasteiger partial charge in [-0.1, -0.05) is 6.07 Å². The van der Waals surface area contributed by atoms with Crippen LogP contribution in [-0.2, 0) is 33.7 Å². The van der Waals surface area contributed by atoms with Crippen molar-refractivity contribution in [1.82, 2.24) is 13.9 Å². The quantitative estimate of drug-likeness (QED) is 0.444. The highest BCUT2D eigenvalue weighted by Gasteiger charge is 2.18. The summed E-state index contributed by atoms with van der Waals surface area (Å²) in [5.41, 5.74) is -0.184. The van der Waals surface area contributed by atoms with Crippen molar-refractivity contribution in [1.29, 1.82) is 0 Å². The minimum Gasteiger partial charge on any atom is -0.462 e. The molecule has 2 N–H and O–H groups in total. The smallest absolute Gasteiger partial charge is 0.338 e. The van der Waals surface area contributed by atoms with Crippen molar-refractivity contribution in [3.63, 3.8) is 0 Å². The number of benzene rings is 2. The van der Waals surface area contributed by atoms with E-state index in [0.717, 1.165) is 4.57 Å². The molecule has 1 aromatic heterocycles. The predicted molar refractivity (Wildman–Crippen MR) is 125 cm³/mol. The van der Waals surface area contributed by atoms with E-state index in [9.17, 15) is 27.6 Å². The number of hydrogen-bond donors (Lipinski definition) is 2. The lowest BCUT2D eigenvalue weighted by Gasteiger charge is -2.11. The normalized spacial score (nSPS) is 11.4. The van der Waals surface area contributed by atoms with E-state index in [4.69, 9.17) is 4.74 Å². The minimum atomic E-state index is -4.02. The van der Waals surface area contributed by atoms with Crippen LogP contribution in [0.15, 0.2) is 56.9 Å². The molecule has 0 saturated heterocycles. The first-order valence-corrected chi connectivity index (χ1v) is 11.8. The summed E-state index contributed by atoms with van der Waals surface area (Å²) in [4.78, 5) is 48.3. The molecular formula is C22H24N4O7S. The predicted octanol–water partition coefficient (Wildman–Crippen LogP) is 0.721. The molecule has 180 valence electrons. The summed E-state index contributed by atoms with van der Waals surface area (Å²) in [5, 5.41) is 2.67. The van der Waals surface area contributed by atoms with E-state index in [1.54, 1.807) is 25.1 Å². The zero-order valence-electron chi connectivity index (χ0n) is 18.8. The second kappa shape index (κ2) is 10.0. The fourth-order valence-corrected chi connectivity index (χ4v) is 4.34. The first kappa shape index (κ1) is 24.9. The van der Waals surface area contributed by atoms with Crippen molar-refractivity contribution in [2.45, 2.75) is 18.2 Å². The number of nitrogens with zero attached hydrogens (tertiary/aromatic N) is 2. The highest BCUT2D eigenvalue weighted by molar-refractivity contribution is 7.89. The summed E-state index contributed by atoms with van der Waals surface area (Å²) >= 11 is 0. The number of aromatic nitrogens is 2. The average Bonchev–Trinajstić information content (AvgIpc) is 2.81. The Hall–Kier alpha value is -3.77. The lowest BCUT2D eigenvalue weighted by molar-refractivity contribution is -0.116. The van der Waals surface area contributed by atoms with Crippen molar-refractivity contribution < 1.29 is 22.7 Å². The van der Waals surface area contributed by atoms with Crippen LogP contribution < -0.4 is 21.3 Å². The van der Waals surface area contributed by atoms with E-state index in [1.165, 1.54) is 42.9 Å². The summed E-state index contributed by atoms with van der Waals surface area (Å²) in [5.74, 6) is -0.984. The van der Waals surface area contributed by atoms with Gasteiger partial charge in [0.25, 0.3) is 5.56 Å². The number of nitrogens with one attached hydrogen (secondary N) is 2. The number of esters is 1. The Balaban J connectivity index is 1.68. The number of amides is 1. The topological polar surface area (TPSA) is 146 Å². The largest absolute Gasteiger partial charge is 0.462 e. The van der Waals surface area contributed by atoms with Crippen molar-refractivity contribution in [2.75, 3.05) is 18.5 Å². The van der Waals surface area contributed by atoms with Gasteiger partial charge in [0.05, 0.1) is 28.0 Å². The Morgan fingerprint density at radius 3 is 2.47 bits per heavy atom. The molecule has 0 aliphatic heterocycles. The maximum absolute atomic E-state index is 12.7. The number of rotatable bonds is 8. The fraction of sp³-hybridized carbons (Fsp3) is 0.273. The van der Waals surface area contributed by atoms with Gasteiger partial charge in [0.2, 0.25) is 15.9 Å². The molecule has 0 spiro atoms. The van der Waals surface area contributed by atoms with Gasteiger partial charge in [-0.15, -0.1) is 0 Å². The lowest BCUT2D eigenvalue weighted by Crippen LogP contribution is -2.37. The van der Waals surface area contributed by atoms with E-state index in [1.807, 2.05) is 0 Å². The zero-order valence-corrected chi connectivity index (χ0v) is 19.6. The third-order valence-corrected chi connectivity index (χ3v) is 6.51. The average molecular weight is 489 g/mol. The number of ether oxygens (including phenoxy) is 1. The van der Waals surface area contributed by atoms with E-state index in [2.05, 4.69) is 10.0 Å². The monoisotopic (exact) mass is 488 g/mol. The van der Waals surface area contributed by atoms with Crippen LogP contribution in [0.3, 0.4) is 0 Å². The van der Waals surface area contributed by atoms with Crippen molar-refractivity contribution in [2.24, 2.45) is 14.1 Å². The van der Waals surface area contributed by atoms with Gasteiger partial charge in [0.1, 0.15) is 0 Å². The molecular weight excluding hydrogens is 464 g/mol. The Morgan fingerprint density at radius 1 is 1.03 bits per heavy atom. The van der Waals surface area contributed by atoms with Gasteiger partial charge in [0.15, 0.2) is 0 Å². The standard InChI is InChI=1S/C22H24N4O7S/c1-4-33-21(29)14-6-5-7-15(12-14)24-19(27)10-11-23-34(31,32)16-8-9-18-17(13-16)20(28)26(3)22(30)25(18)2/h5-9,12-13,23H,4,10-11H2,1-3H3,(H,24,27). The van der Waals surface area contributed by atoms with Crippen LogP contribution in [0.5, 0.6) is 0 Å². The summed E-state index contributed by atoms with van der Waals surface area (Å²) < 4.78 is 34.7. The maximum atomic E-state index is 12.7. The first-order chi connectivity index (χ1) is 16.0. The van der Waals surface area contributed by atoms with Crippen LogP contribution in [0.25, 0.3) is 10.9 Å². The van der Waals surface area contributed by atoms with Crippen LogP contribution in [0.1, 0.15) is 23.7 Å². The van der Waals surface area contributed by atoms with E-state index in [-0.39, 0.29) is 35.4 Å². The number of anilines is 1. The molecule has 0 radical (unpaired) electrons. The van der Waals surface area contributed by atoms with Crippen LogP contribution in [0.4, 0.5) is 5.69 Å². The Labute approximate surface area is 195 Å². The van der Waals surface area contributed by atoms with Gasteiger partial charge in [-0.3, -0.25) is 18.7 Å². The molecule has 34 heavy (non-hydrogen) atoms. The van der Waals surface area contributed by atoms with Gasteiger partial charge in [0, 0.05) is 32.7 Å². The number of carbonyl (C=O) groups is 2. The number of carbonyl (C=O) groups excluding carboxylic acids is 2. The number of hydrogen-bond acceptors (Lipinski definition) is 7. The highest BCUT2D eigenvalue weighted by atomic mass is 32.2. The lowest BCUT2D eigenvalue weighted by atomic mass is 10.2. The number of sulfonamides is 1. The zero-order chi connectivity index (χ0) is 25.0. The summed E-state index contributed by atoms with van der Waals surface area (Å²) in [7, 11) is -1.23. The Kier molecular flexibility index (Phi) is 7.32. The van der Waals surface area contributed by atoms with Gasteiger partial charge in [-0.05, 0) is 43.3 Å². The maximum Gasteiger partial charge on any atom is 0.338 e.